The van der Waals surface area contributed by atoms with Crippen molar-refractivity contribution in [2.24, 2.45) is 0 Å². The van der Waals surface area contributed by atoms with E-state index in [0.717, 1.165) is 34.2 Å². The zero-order valence-electron chi connectivity index (χ0n) is 21.9. The number of fused-ring (bicyclic) bond motifs is 1. The number of carbonyl (C=O) groups excluding carboxylic acids is 1. The molecule has 2 aromatic heterocycles. The minimum absolute atomic E-state index is 0.0293. The van der Waals surface area contributed by atoms with Crippen molar-refractivity contribution < 1.29 is 31.1 Å². The number of nitrogens with zero attached hydrogens (tertiary/aromatic N) is 6. The normalized spacial score (nSPS) is 17.0. The number of amides is 2. The Hall–Kier alpha value is -3.77. The Kier molecular flexibility index (Phi) is 7.17. The molecule has 7 nitrogen and oxygen atoms in total. The van der Waals surface area contributed by atoms with E-state index in [2.05, 4.69) is 10.1 Å². The maximum atomic E-state index is 14.6. The van der Waals surface area contributed by atoms with E-state index in [4.69, 9.17) is 0 Å². The molecule has 13 heteroatoms. The van der Waals surface area contributed by atoms with E-state index < -0.39 is 36.8 Å². The fraction of sp³-hybridized carbons (Fsp3) is 0.444. The van der Waals surface area contributed by atoms with E-state index >= 15 is 0 Å². The van der Waals surface area contributed by atoms with E-state index in [1.54, 1.807) is 6.07 Å². The molecule has 0 saturated carbocycles. The van der Waals surface area contributed by atoms with Crippen molar-refractivity contribution in [2.45, 2.75) is 64.5 Å². The first kappa shape index (κ1) is 27.8. The van der Waals surface area contributed by atoms with Crippen LogP contribution >= 0.6 is 0 Å². The summed E-state index contributed by atoms with van der Waals surface area (Å²) < 4.78 is 84.7. The van der Waals surface area contributed by atoms with Crippen molar-refractivity contribution in [1.82, 2.24) is 19.7 Å². The van der Waals surface area contributed by atoms with Gasteiger partial charge >= 0.3 is 12.2 Å². The second kappa shape index (κ2) is 10.3. The number of benzene rings is 1. The molecule has 0 spiro atoms. The van der Waals surface area contributed by atoms with Crippen LogP contribution in [-0.2, 0) is 25.8 Å². The standard InChI is InChI=1S/C27H28F6N6O/c1-17-5-3-7-20(28)24(17)36-11-8-18(9-12-36)37-15-23-22(13-35-39(23)16-26(2,29)30)38(25(37)40)14-21-19(27(31,32)33)6-4-10-34-21/h3-7,10,13,18H,8-9,11-12,14-16H2,1-2H3. The van der Waals surface area contributed by atoms with Gasteiger partial charge in [-0.25, -0.2) is 18.0 Å². The second-order valence-corrected chi connectivity index (χ2v) is 10.3. The smallest absolute Gasteiger partial charge is 0.369 e. The van der Waals surface area contributed by atoms with Gasteiger partial charge in [0, 0.05) is 32.3 Å². The quantitative estimate of drug-likeness (QED) is 0.343. The molecule has 1 fully saturated rings. The van der Waals surface area contributed by atoms with Crippen LogP contribution in [0, 0.1) is 12.7 Å². The van der Waals surface area contributed by atoms with Crippen LogP contribution < -0.4 is 9.80 Å². The number of carbonyl (C=O) groups is 1. The van der Waals surface area contributed by atoms with E-state index in [9.17, 15) is 31.1 Å². The van der Waals surface area contributed by atoms with Gasteiger partial charge in [0.1, 0.15) is 12.4 Å². The summed E-state index contributed by atoms with van der Waals surface area (Å²) in [5, 5.41) is 4.05. The molecule has 2 aliphatic rings. The molecule has 0 aliphatic carbocycles. The van der Waals surface area contributed by atoms with Gasteiger partial charge in [-0.05, 0) is 43.5 Å². The molecule has 1 aromatic carbocycles. The lowest BCUT2D eigenvalue weighted by molar-refractivity contribution is -0.138. The number of alkyl halides is 5. The number of hydrogen-bond donors (Lipinski definition) is 0. The number of rotatable bonds is 6. The molecule has 214 valence electrons. The summed E-state index contributed by atoms with van der Waals surface area (Å²) in [5.74, 6) is -3.45. The molecule has 3 aromatic rings. The van der Waals surface area contributed by atoms with Crippen LogP contribution in [0.5, 0.6) is 0 Å². The van der Waals surface area contributed by atoms with Crippen LogP contribution in [0.25, 0.3) is 0 Å². The first-order valence-corrected chi connectivity index (χ1v) is 12.9. The number of urea groups is 1. The fourth-order valence-corrected chi connectivity index (χ4v) is 5.51. The zero-order chi connectivity index (χ0) is 28.8. The minimum Gasteiger partial charge on any atom is -0.369 e. The van der Waals surface area contributed by atoms with Gasteiger partial charge in [0.15, 0.2) is 0 Å². The van der Waals surface area contributed by atoms with Crippen LogP contribution in [0.15, 0.2) is 42.7 Å². The minimum atomic E-state index is -4.70. The van der Waals surface area contributed by atoms with Crippen molar-refractivity contribution in [3.05, 3.63) is 71.1 Å². The molecule has 2 aliphatic heterocycles. The van der Waals surface area contributed by atoms with Crippen LogP contribution in [0.3, 0.4) is 0 Å². The van der Waals surface area contributed by atoms with Crippen LogP contribution in [0.4, 0.5) is 42.5 Å². The first-order valence-electron chi connectivity index (χ1n) is 12.9. The molecule has 0 N–H and O–H groups in total. The molecule has 0 unspecified atom stereocenters. The summed E-state index contributed by atoms with van der Waals surface area (Å²) in [6.45, 7) is 2.14. The molecule has 4 heterocycles. The highest BCUT2D eigenvalue weighted by atomic mass is 19.4. The first-order chi connectivity index (χ1) is 18.8. The SMILES string of the molecule is Cc1cccc(F)c1N1CCC(N2Cc3c(cnn3CC(C)(F)F)N(Cc3ncccc3C(F)(F)F)C2=O)CC1. The van der Waals surface area contributed by atoms with Crippen LogP contribution in [0.2, 0.25) is 0 Å². The van der Waals surface area contributed by atoms with Crippen molar-refractivity contribution in [2.75, 3.05) is 22.9 Å². The monoisotopic (exact) mass is 566 g/mol. The van der Waals surface area contributed by atoms with E-state index in [1.807, 2.05) is 17.9 Å². The Balaban J connectivity index is 1.45. The average Bonchev–Trinajstić information content (AvgIpc) is 3.26. The highest BCUT2D eigenvalue weighted by Gasteiger charge is 2.41. The highest BCUT2D eigenvalue weighted by Crippen LogP contribution is 2.37. The lowest BCUT2D eigenvalue weighted by Gasteiger charge is -2.44. The second-order valence-electron chi connectivity index (χ2n) is 10.3. The van der Waals surface area contributed by atoms with Crippen molar-refractivity contribution >= 4 is 17.4 Å². The third-order valence-corrected chi connectivity index (χ3v) is 7.36. The predicted molar refractivity (Wildman–Crippen MR) is 136 cm³/mol. The summed E-state index contributed by atoms with van der Waals surface area (Å²) >= 11 is 0. The third-order valence-electron chi connectivity index (χ3n) is 7.36. The number of pyridine rings is 1. The van der Waals surface area contributed by atoms with Gasteiger partial charge in [-0.2, -0.15) is 18.3 Å². The number of para-hydroxylation sites is 1. The van der Waals surface area contributed by atoms with E-state index in [-0.39, 0.29) is 29.8 Å². The number of hydrogen-bond acceptors (Lipinski definition) is 4. The molecule has 5 rings (SSSR count). The Bertz CT molecular complexity index is 1370. The summed E-state index contributed by atoms with van der Waals surface area (Å²) in [6, 6.07) is 5.98. The number of aromatic nitrogens is 3. The summed E-state index contributed by atoms with van der Waals surface area (Å²) in [7, 11) is 0. The molecular weight excluding hydrogens is 538 g/mol. The lowest BCUT2D eigenvalue weighted by atomic mass is 10.00. The van der Waals surface area contributed by atoms with Gasteiger partial charge in [0.05, 0.1) is 47.6 Å². The maximum Gasteiger partial charge on any atom is 0.418 e. The number of halogens is 6. The Morgan fingerprint density at radius 1 is 1.05 bits per heavy atom. The molecule has 0 radical (unpaired) electrons. The van der Waals surface area contributed by atoms with Crippen LogP contribution in [-0.4, -0.2) is 50.7 Å². The molecule has 1 saturated heterocycles. The Morgan fingerprint density at radius 2 is 1.77 bits per heavy atom. The summed E-state index contributed by atoms with van der Waals surface area (Å²) in [6.07, 6.45) is -1.34. The van der Waals surface area contributed by atoms with Gasteiger partial charge in [-0.15, -0.1) is 0 Å². The molecule has 0 atom stereocenters. The maximum absolute atomic E-state index is 14.6. The summed E-state index contributed by atoms with van der Waals surface area (Å²) in [4.78, 5) is 22.2. The van der Waals surface area contributed by atoms with Crippen molar-refractivity contribution in [3.8, 4) is 0 Å². The number of piperidine rings is 1. The van der Waals surface area contributed by atoms with Gasteiger partial charge < -0.3 is 9.80 Å². The molecular formula is C27H28F6N6O. The number of anilines is 2. The van der Waals surface area contributed by atoms with E-state index in [1.165, 1.54) is 23.4 Å². The van der Waals surface area contributed by atoms with Crippen LogP contribution in [0.1, 0.15) is 42.3 Å². The van der Waals surface area contributed by atoms with Crippen molar-refractivity contribution in [1.29, 1.82) is 0 Å². The van der Waals surface area contributed by atoms with Gasteiger partial charge in [0.2, 0.25) is 0 Å². The fourth-order valence-electron chi connectivity index (χ4n) is 5.51. The van der Waals surface area contributed by atoms with Gasteiger partial charge in [0.25, 0.3) is 5.92 Å². The van der Waals surface area contributed by atoms with Gasteiger partial charge in [-0.1, -0.05) is 12.1 Å². The van der Waals surface area contributed by atoms with Crippen molar-refractivity contribution in [3.63, 3.8) is 0 Å². The lowest BCUT2D eigenvalue weighted by Crippen LogP contribution is -2.54. The largest absolute Gasteiger partial charge is 0.418 e. The Morgan fingerprint density at radius 3 is 2.42 bits per heavy atom. The Labute approximate surface area is 227 Å². The predicted octanol–water partition coefficient (Wildman–Crippen LogP) is 6.01. The highest BCUT2D eigenvalue weighted by molar-refractivity contribution is 5.94. The molecule has 2 amide bonds. The topological polar surface area (TPSA) is 57.5 Å². The summed E-state index contributed by atoms with van der Waals surface area (Å²) in [5.41, 5.74) is 0.398. The third kappa shape index (κ3) is 5.46. The number of aryl methyl sites for hydroxylation is 1. The zero-order valence-corrected chi connectivity index (χ0v) is 21.9. The molecule has 40 heavy (non-hydrogen) atoms. The van der Waals surface area contributed by atoms with Gasteiger partial charge in [-0.3, -0.25) is 14.6 Å². The van der Waals surface area contributed by atoms with E-state index in [0.29, 0.717) is 37.3 Å². The molecule has 0 bridgehead atoms. The average molecular weight is 567 g/mol.